The Morgan fingerprint density at radius 1 is 0.508 bits per heavy atom. The number of rotatable bonds is 45. The molecule has 9 heteroatoms. The van der Waals surface area contributed by atoms with Crippen LogP contribution in [0.2, 0.25) is 0 Å². The van der Waals surface area contributed by atoms with E-state index >= 15 is 0 Å². The van der Waals surface area contributed by atoms with E-state index in [1.807, 2.05) is 21.1 Å². The Bertz CT molecular complexity index is 1320. The van der Waals surface area contributed by atoms with Crippen LogP contribution < -0.4 is 4.89 Å². The molecule has 0 saturated heterocycles. The topological polar surface area (TPSA) is 94.1 Å². The molecule has 0 aliphatic rings. The molecule has 0 spiro atoms. The zero-order valence-electron chi connectivity index (χ0n) is 41.0. The Balaban J connectivity index is 4.28. The Morgan fingerprint density at radius 3 is 1.38 bits per heavy atom. The molecule has 0 aromatic carbocycles. The summed E-state index contributed by atoms with van der Waals surface area (Å²) >= 11 is 0. The van der Waals surface area contributed by atoms with Gasteiger partial charge in [-0.2, -0.15) is 0 Å². The Hall–Kier alpha value is -2.58. The zero-order valence-corrected chi connectivity index (χ0v) is 41.9. The maximum absolute atomic E-state index is 12.7. The van der Waals surface area contributed by atoms with Crippen molar-refractivity contribution in [1.29, 1.82) is 0 Å². The predicted octanol–water partition coefficient (Wildman–Crippen LogP) is 14.8. The highest BCUT2D eigenvalue weighted by Crippen LogP contribution is 2.38. The second-order valence-corrected chi connectivity index (χ2v) is 18.8. The van der Waals surface area contributed by atoms with Crippen molar-refractivity contribution in [2.75, 3.05) is 54.1 Å². The molecule has 8 nitrogen and oxygen atoms in total. The Kier molecular flexibility index (Phi) is 44.1. The molecular weight excluding hydrogens is 806 g/mol. The molecule has 2 unspecified atom stereocenters. The van der Waals surface area contributed by atoms with Gasteiger partial charge in [0.15, 0.2) is 0 Å². The summed E-state index contributed by atoms with van der Waals surface area (Å²) in [5.41, 5.74) is 0. The normalized spacial score (nSPS) is 14.4. The van der Waals surface area contributed by atoms with Crippen molar-refractivity contribution in [3.63, 3.8) is 0 Å². The van der Waals surface area contributed by atoms with Crippen molar-refractivity contribution >= 4 is 13.8 Å². The van der Waals surface area contributed by atoms with Crippen molar-refractivity contribution in [3.05, 3.63) is 97.2 Å². The average molecular weight is 900 g/mol. The van der Waals surface area contributed by atoms with Gasteiger partial charge in [0.2, 0.25) is 0 Å². The highest BCUT2D eigenvalue weighted by atomic mass is 31.2. The van der Waals surface area contributed by atoms with E-state index < -0.39 is 13.9 Å². The highest BCUT2D eigenvalue weighted by Gasteiger charge is 2.20. The minimum absolute atomic E-state index is 0.0115. The lowest BCUT2D eigenvalue weighted by molar-refractivity contribution is -0.870. The summed E-state index contributed by atoms with van der Waals surface area (Å²) in [6.07, 6.45) is 62.9. The molecule has 0 N–H and O–H groups in total. The summed E-state index contributed by atoms with van der Waals surface area (Å²) in [7, 11) is 1.31. The molecule has 0 aliphatic carbocycles. The van der Waals surface area contributed by atoms with Gasteiger partial charge in [0.1, 0.15) is 19.3 Å². The number of allylic oxidation sites excluding steroid dienone is 16. The monoisotopic (exact) mass is 900 g/mol. The van der Waals surface area contributed by atoms with Gasteiger partial charge in [0.05, 0.1) is 34.4 Å². The van der Waals surface area contributed by atoms with Crippen LogP contribution in [0.5, 0.6) is 0 Å². The van der Waals surface area contributed by atoms with Gasteiger partial charge in [-0.25, -0.2) is 0 Å². The summed E-state index contributed by atoms with van der Waals surface area (Å²) in [4.78, 5) is 25.1. The first-order valence-electron chi connectivity index (χ1n) is 25.0. The fourth-order valence-corrected chi connectivity index (χ4v) is 7.01. The van der Waals surface area contributed by atoms with Crippen LogP contribution in [0.3, 0.4) is 0 Å². The first-order valence-corrected chi connectivity index (χ1v) is 26.4. The second-order valence-electron chi connectivity index (χ2n) is 17.4. The number of quaternary nitrogens is 1. The molecule has 0 heterocycles. The molecule has 0 bridgehead atoms. The minimum atomic E-state index is -4.55. The Labute approximate surface area is 387 Å². The molecule has 0 amide bonds. The Morgan fingerprint density at radius 2 is 0.921 bits per heavy atom. The first-order chi connectivity index (χ1) is 30.6. The molecule has 0 rings (SSSR count). The van der Waals surface area contributed by atoms with Gasteiger partial charge >= 0.3 is 5.97 Å². The van der Waals surface area contributed by atoms with E-state index in [0.29, 0.717) is 24.1 Å². The van der Waals surface area contributed by atoms with Crippen molar-refractivity contribution < 1.29 is 37.3 Å². The van der Waals surface area contributed by atoms with Crippen LogP contribution >= 0.6 is 7.82 Å². The molecule has 0 aromatic rings. The van der Waals surface area contributed by atoms with E-state index in [4.69, 9.17) is 18.5 Å². The lowest BCUT2D eigenvalue weighted by Gasteiger charge is -2.28. The number of esters is 1. The number of hydrogen-bond donors (Lipinski definition) is 0. The standard InChI is InChI=1S/C54H94NO7P/c1-6-8-10-12-14-16-18-20-22-24-26-28-29-31-33-35-37-39-41-43-45-47-54(56)62-53(52-61-63(57,58)60-50-48-55(3,4)5)51-59-49-46-44-42-40-38-36-34-32-30-27-25-23-21-19-17-15-13-11-9-7-2/h8,10,14-17,20-23,26,28,31,33,37,39,53H,6-7,9,11-13,18-19,24-25,27,29-30,32,34-36,38,40-52H2,1-5H3/b10-8-,16-14-,17-15-,22-20-,23-21-,28-26-,33-31-,39-37-. The van der Waals surface area contributed by atoms with E-state index in [-0.39, 0.29) is 32.2 Å². The summed E-state index contributed by atoms with van der Waals surface area (Å²) < 4.78 is 34.7. The number of carbonyl (C=O) groups excluding carboxylic acids is 1. The van der Waals surface area contributed by atoms with E-state index in [1.54, 1.807) is 0 Å². The van der Waals surface area contributed by atoms with E-state index in [9.17, 15) is 14.3 Å². The SMILES string of the molecule is CC/C=C\C/C=C\C/C=C\C/C=C\C/C=C\C/C=C\CCCCC(=O)OC(COCCCCCCCCCCCC/C=C\C/C=C\CCCCC)COP(=O)([O-])OCC[N+](C)(C)C. The third kappa shape index (κ3) is 50.3. The van der Waals surface area contributed by atoms with Crippen molar-refractivity contribution in [3.8, 4) is 0 Å². The van der Waals surface area contributed by atoms with Crippen LogP contribution in [-0.2, 0) is 27.9 Å². The zero-order chi connectivity index (χ0) is 46.2. The third-order valence-electron chi connectivity index (χ3n) is 10.1. The molecule has 0 aromatic heterocycles. The van der Waals surface area contributed by atoms with Gasteiger partial charge in [-0.15, -0.1) is 0 Å². The van der Waals surface area contributed by atoms with Gasteiger partial charge in [-0.1, -0.05) is 175 Å². The van der Waals surface area contributed by atoms with Crippen molar-refractivity contribution in [2.45, 2.75) is 187 Å². The summed E-state index contributed by atoms with van der Waals surface area (Å²) in [6.45, 7) is 5.19. The lowest BCUT2D eigenvalue weighted by Crippen LogP contribution is -2.37. The first kappa shape index (κ1) is 60.4. The maximum atomic E-state index is 12.7. The molecule has 2 atom stereocenters. The molecule has 0 aliphatic heterocycles. The van der Waals surface area contributed by atoms with Crippen LogP contribution in [0, 0.1) is 0 Å². The summed E-state index contributed by atoms with van der Waals surface area (Å²) in [5.74, 6) is -0.380. The molecule has 0 fully saturated rings. The quantitative estimate of drug-likeness (QED) is 0.0197. The fraction of sp³-hybridized carbons (Fsp3) is 0.685. The van der Waals surface area contributed by atoms with Crippen LogP contribution in [0.1, 0.15) is 181 Å². The number of likely N-dealkylation sites (N-methyl/N-ethyl adjacent to an activating group) is 1. The third-order valence-corrected chi connectivity index (χ3v) is 11.1. The van der Waals surface area contributed by atoms with E-state index in [1.165, 1.54) is 83.5 Å². The van der Waals surface area contributed by atoms with Gasteiger partial charge in [0, 0.05) is 13.0 Å². The fourth-order valence-electron chi connectivity index (χ4n) is 6.28. The minimum Gasteiger partial charge on any atom is -0.756 e. The molecule has 362 valence electrons. The maximum Gasteiger partial charge on any atom is 0.306 e. The van der Waals surface area contributed by atoms with Gasteiger partial charge < -0.3 is 27.9 Å². The molecule has 0 radical (unpaired) electrons. The number of phosphoric ester groups is 1. The summed E-state index contributed by atoms with van der Waals surface area (Å²) in [6, 6.07) is 0. The number of phosphoric acid groups is 1. The summed E-state index contributed by atoms with van der Waals surface area (Å²) in [5, 5.41) is 0. The van der Waals surface area contributed by atoms with Crippen LogP contribution in [0.4, 0.5) is 0 Å². The highest BCUT2D eigenvalue weighted by molar-refractivity contribution is 7.45. The number of ether oxygens (including phenoxy) is 2. The van der Waals surface area contributed by atoms with Crippen LogP contribution in [-0.4, -0.2) is 70.7 Å². The number of unbranched alkanes of at least 4 members (excludes halogenated alkanes) is 15. The second kappa shape index (κ2) is 46.0. The lowest BCUT2D eigenvalue weighted by atomic mass is 10.1. The van der Waals surface area contributed by atoms with Gasteiger partial charge in [-0.05, 0) is 96.3 Å². The average Bonchev–Trinajstić information content (AvgIpc) is 3.24. The number of hydrogen-bond acceptors (Lipinski definition) is 7. The van der Waals surface area contributed by atoms with E-state index in [0.717, 1.165) is 70.6 Å². The van der Waals surface area contributed by atoms with Crippen LogP contribution in [0.25, 0.3) is 0 Å². The van der Waals surface area contributed by atoms with Crippen LogP contribution in [0.15, 0.2) is 97.2 Å². The smallest absolute Gasteiger partial charge is 0.306 e. The largest absolute Gasteiger partial charge is 0.756 e. The van der Waals surface area contributed by atoms with Gasteiger partial charge in [-0.3, -0.25) is 9.36 Å². The molecule has 63 heavy (non-hydrogen) atoms. The molecule has 0 saturated carbocycles. The van der Waals surface area contributed by atoms with Crippen molar-refractivity contribution in [1.82, 2.24) is 0 Å². The molecular formula is C54H94NO7P. The predicted molar refractivity (Wildman–Crippen MR) is 268 cm³/mol. The van der Waals surface area contributed by atoms with Gasteiger partial charge in [0.25, 0.3) is 7.82 Å². The number of carbonyl (C=O) groups is 1. The van der Waals surface area contributed by atoms with E-state index in [2.05, 4.69) is 111 Å². The number of nitrogens with zero attached hydrogens (tertiary/aromatic N) is 1. The van der Waals surface area contributed by atoms with Crippen molar-refractivity contribution in [2.24, 2.45) is 0 Å².